The molecular weight excluding hydrogens is 359 g/mol. The molecule has 2 saturated carbocycles. The second kappa shape index (κ2) is 9.68. The maximum absolute atomic E-state index is 11.4. The van der Waals surface area contributed by atoms with Gasteiger partial charge in [-0.1, -0.05) is 0 Å². The van der Waals surface area contributed by atoms with Gasteiger partial charge in [0.2, 0.25) is 0 Å². The van der Waals surface area contributed by atoms with Crippen LogP contribution in [-0.4, -0.2) is 39.1 Å². The first-order valence-electron chi connectivity index (χ1n) is 9.06. The molecule has 0 aromatic heterocycles. The second-order valence-corrected chi connectivity index (χ2v) is 9.90. The molecule has 4 nitrogen and oxygen atoms in total. The summed E-state index contributed by atoms with van der Waals surface area (Å²) in [6.07, 6.45) is 11.7. The van der Waals surface area contributed by atoms with E-state index in [4.69, 9.17) is 9.47 Å². The van der Waals surface area contributed by atoms with Crippen molar-refractivity contribution in [3.05, 3.63) is 0 Å². The summed E-state index contributed by atoms with van der Waals surface area (Å²) in [7, 11) is 0. The summed E-state index contributed by atoms with van der Waals surface area (Å²) in [5.41, 5.74) is 0. The van der Waals surface area contributed by atoms with Gasteiger partial charge in [-0.2, -0.15) is 0 Å². The third kappa shape index (κ3) is 6.46. The van der Waals surface area contributed by atoms with Crippen LogP contribution in [0.3, 0.4) is 0 Å². The van der Waals surface area contributed by atoms with Gasteiger partial charge in [0, 0.05) is 0 Å². The standard InChI is InChI=1S/C18H30O4Se/c1-13(19)21-15-9-5-3-7-11-17(15)23-18-12-8-4-6-10-16(18)22-14(2)20/h15-18H,3-12H2,1-2H3. The van der Waals surface area contributed by atoms with Crippen molar-refractivity contribution in [2.75, 3.05) is 0 Å². The van der Waals surface area contributed by atoms with Crippen molar-refractivity contribution < 1.29 is 19.1 Å². The van der Waals surface area contributed by atoms with Crippen LogP contribution in [0.2, 0.25) is 9.63 Å². The maximum atomic E-state index is 11.4. The van der Waals surface area contributed by atoms with Crippen LogP contribution in [0.5, 0.6) is 0 Å². The van der Waals surface area contributed by atoms with E-state index in [-0.39, 0.29) is 24.1 Å². The van der Waals surface area contributed by atoms with Crippen molar-refractivity contribution in [2.45, 2.75) is 99.9 Å². The van der Waals surface area contributed by atoms with Crippen molar-refractivity contribution in [1.82, 2.24) is 0 Å². The number of ether oxygens (including phenoxy) is 2. The summed E-state index contributed by atoms with van der Waals surface area (Å²) < 4.78 is 11.3. The van der Waals surface area contributed by atoms with Gasteiger partial charge in [0.1, 0.15) is 0 Å². The van der Waals surface area contributed by atoms with E-state index in [9.17, 15) is 9.59 Å². The van der Waals surface area contributed by atoms with Crippen molar-refractivity contribution in [1.29, 1.82) is 0 Å². The van der Waals surface area contributed by atoms with Crippen LogP contribution in [0.25, 0.3) is 0 Å². The van der Waals surface area contributed by atoms with Gasteiger partial charge in [0.25, 0.3) is 0 Å². The van der Waals surface area contributed by atoms with E-state index in [1.807, 2.05) is 0 Å². The predicted molar refractivity (Wildman–Crippen MR) is 90.5 cm³/mol. The third-order valence-electron chi connectivity index (χ3n) is 4.77. The van der Waals surface area contributed by atoms with Crippen LogP contribution in [0.4, 0.5) is 0 Å². The first kappa shape index (κ1) is 18.8. The van der Waals surface area contributed by atoms with E-state index in [0.717, 1.165) is 38.5 Å². The summed E-state index contributed by atoms with van der Waals surface area (Å²) in [6.45, 7) is 3.03. The average molecular weight is 389 g/mol. The molecule has 0 spiro atoms. The Morgan fingerprint density at radius 1 is 0.696 bits per heavy atom. The van der Waals surface area contributed by atoms with Crippen LogP contribution in [0.15, 0.2) is 0 Å². The summed E-state index contributed by atoms with van der Waals surface area (Å²) >= 11 is 0.356. The molecule has 2 fully saturated rings. The molecule has 0 heterocycles. The summed E-state index contributed by atoms with van der Waals surface area (Å²) in [4.78, 5) is 23.8. The molecule has 4 unspecified atom stereocenters. The molecule has 23 heavy (non-hydrogen) atoms. The van der Waals surface area contributed by atoms with Crippen molar-refractivity contribution in [3.8, 4) is 0 Å². The molecular formula is C18H30O4Se. The van der Waals surface area contributed by atoms with Gasteiger partial charge in [-0.25, -0.2) is 0 Å². The van der Waals surface area contributed by atoms with E-state index in [0.29, 0.717) is 24.6 Å². The Kier molecular flexibility index (Phi) is 7.91. The second-order valence-electron chi connectivity index (χ2n) is 6.78. The number of esters is 2. The monoisotopic (exact) mass is 390 g/mol. The SMILES string of the molecule is CC(=O)OC1CCCCCC1[Se]C1CCCCCC1OC(C)=O. The molecule has 4 atom stereocenters. The minimum atomic E-state index is -0.157. The van der Waals surface area contributed by atoms with Crippen molar-refractivity contribution >= 4 is 26.9 Å². The summed E-state index contributed by atoms with van der Waals surface area (Å²) in [6, 6.07) is 0. The van der Waals surface area contributed by atoms with Crippen LogP contribution in [0, 0.1) is 0 Å². The van der Waals surface area contributed by atoms with E-state index < -0.39 is 0 Å². The molecule has 2 aliphatic carbocycles. The van der Waals surface area contributed by atoms with Crippen molar-refractivity contribution in [2.24, 2.45) is 0 Å². The number of carbonyl (C=O) groups excluding carboxylic acids is 2. The van der Waals surface area contributed by atoms with Gasteiger partial charge in [0.15, 0.2) is 0 Å². The molecule has 0 N–H and O–H groups in total. The molecule has 0 saturated heterocycles. The normalized spacial score (nSPS) is 32.4. The summed E-state index contributed by atoms with van der Waals surface area (Å²) in [5, 5.41) is 0. The van der Waals surface area contributed by atoms with Crippen LogP contribution < -0.4 is 0 Å². The predicted octanol–water partition coefficient (Wildman–Crippen LogP) is 4.06. The Balaban J connectivity index is 2.03. The molecule has 2 aliphatic rings. The first-order valence-corrected chi connectivity index (χ1v) is 11.0. The summed E-state index contributed by atoms with van der Waals surface area (Å²) in [5.74, 6) is -0.315. The van der Waals surface area contributed by atoms with E-state index in [1.54, 1.807) is 0 Å². The molecule has 132 valence electrons. The zero-order valence-electron chi connectivity index (χ0n) is 14.4. The Bertz CT molecular complexity index is 362. The number of hydrogen-bond donors (Lipinski definition) is 0. The molecule has 0 amide bonds. The van der Waals surface area contributed by atoms with Crippen LogP contribution in [0.1, 0.15) is 78.1 Å². The van der Waals surface area contributed by atoms with Crippen molar-refractivity contribution in [3.63, 3.8) is 0 Å². The minimum absolute atomic E-state index is 0.0798. The van der Waals surface area contributed by atoms with Gasteiger partial charge in [-0.05, 0) is 0 Å². The molecule has 0 bridgehead atoms. The van der Waals surface area contributed by atoms with Gasteiger partial charge in [0.05, 0.1) is 0 Å². The van der Waals surface area contributed by atoms with Crippen LogP contribution in [-0.2, 0) is 19.1 Å². The average Bonchev–Trinajstić information content (AvgIpc) is 2.81. The molecule has 2 rings (SSSR count). The zero-order chi connectivity index (χ0) is 16.7. The molecule has 5 heteroatoms. The fraction of sp³-hybridized carbons (Fsp3) is 0.889. The Morgan fingerprint density at radius 2 is 1.09 bits per heavy atom. The van der Waals surface area contributed by atoms with E-state index >= 15 is 0 Å². The number of rotatable bonds is 4. The van der Waals surface area contributed by atoms with Gasteiger partial charge < -0.3 is 0 Å². The fourth-order valence-electron chi connectivity index (χ4n) is 3.71. The van der Waals surface area contributed by atoms with Gasteiger partial charge in [-0.3, -0.25) is 0 Å². The molecule has 0 radical (unpaired) electrons. The Labute approximate surface area is 146 Å². The third-order valence-corrected chi connectivity index (χ3v) is 8.50. The van der Waals surface area contributed by atoms with E-state index in [2.05, 4.69) is 0 Å². The van der Waals surface area contributed by atoms with Crippen LogP contribution >= 0.6 is 0 Å². The fourth-order valence-corrected chi connectivity index (χ4v) is 7.46. The molecule has 0 aromatic carbocycles. The Hall–Kier alpha value is -0.541. The zero-order valence-corrected chi connectivity index (χ0v) is 16.1. The molecule has 0 aromatic rings. The number of hydrogen-bond acceptors (Lipinski definition) is 4. The number of carbonyl (C=O) groups is 2. The molecule has 0 aliphatic heterocycles. The van der Waals surface area contributed by atoms with E-state index in [1.165, 1.54) is 39.5 Å². The topological polar surface area (TPSA) is 52.6 Å². The quantitative estimate of drug-likeness (QED) is 0.413. The van der Waals surface area contributed by atoms with Gasteiger partial charge in [-0.15, -0.1) is 0 Å². The first-order chi connectivity index (χ1) is 11.1. The Morgan fingerprint density at radius 3 is 1.48 bits per heavy atom. The van der Waals surface area contributed by atoms with Gasteiger partial charge >= 0.3 is 146 Å².